The number of nitrogens with zero attached hydrogens (tertiary/aromatic N) is 2. The van der Waals surface area contributed by atoms with E-state index in [0.717, 1.165) is 12.8 Å². The van der Waals surface area contributed by atoms with Crippen LogP contribution < -0.4 is 14.8 Å². The van der Waals surface area contributed by atoms with Gasteiger partial charge in [-0.25, -0.2) is 4.98 Å². The molecule has 1 aromatic carbocycles. The van der Waals surface area contributed by atoms with Crippen molar-refractivity contribution in [1.29, 1.82) is 0 Å². The average molecular weight is 375 g/mol. The first-order valence-electron chi connectivity index (χ1n) is 8.31. The van der Waals surface area contributed by atoms with Gasteiger partial charge >= 0.3 is 0 Å². The molecule has 7 nitrogen and oxygen atoms in total. The number of rotatable bonds is 8. The summed E-state index contributed by atoms with van der Waals surface area (Å²) in [5.41, 5.74) is 0.463. The van der Waals surface area contributed by atoms with Crippen LogP contribution in [0, 0.1) is 5.92 Å². The number of anilines is 1. The van der Waals surface area contributed by atoms with Gasteiger partial charge in [-0.3, -0.25) is 9.59 Å². The van der Waals surface area contributed by atoms with Gasteiger partial charge in [0.2, 0.25) is 5.91 Å². The van der Waals surface area contributed by atoms with Gasteiger partial charge in [0.25, 0.3) is 5.91 Å². The van der Waals surface area contributed by atoms with Crippen molar-refractivity contribution in [1.82, 2.24) is 9.88 Å². The summed E-state index contributed by atoms with van der Waals surface area (Å²) in [7, 11) is 3.07. The summed E-state index contributed by atoms with van der Waals surface area (Å²) in [5.74, 6) is 1.05. The number of amides is 2. The molecule has 26 heavy (non-hydrogen) atoms. The standard InChI is InChI=1S/C18H21N3O4S/c1-24-14-6-5-13(9-15(14)25-2)17(23)21(10-12-3-4-12)11-16(22)20-18-19-7-8-26-18/h5-9,12H,3-4,10-11H2,1-2H3,(H,19,20,22). The maximum Gasteiger partial charge on any atom is 0.254 e. The Hall–Kier alpha value is -2.61. The minimum absolute atomic E-state index is 0.0107. The number of carbonyl (C=O) groups excluding carboxylic acids is 2. The molecule has 1 aliphatic rings. The fraction of sp³-hybridized carbons (Fsp3) is 0.389. The second kappa shape index (κ2) is 8.18. The SMILES string of the molecule is COc1ccc(C(=O)N(CC(=O)Nc2nccs2)CC2CC2)cc1OC. The van der Waals surface area contributed by atoms with Crippen molar-refractivity contribution in [3.05, 3.63) is 35.3 Å². The maximum atomic E-state index is 13.0. The van der Waals surface area contributed by atoms with Crippen molar-refractivity contribution in [2.24, 2.45) is 5.92 Å². The Balaban J connectivity index is 1.73. The highest BCUT2D eigenvalue weighted by Gasteiger charge is 2.29. The molecule has 0 atom stereocenters. The molecule has 8 heteroatoms. The van der Waals surface area contributed by atoms with Crippen LogP contribution in [-0.2, 0) is 4.79 Å². The number of methoxy groups -OCH3 is 2. The van der Waals surface area contributed by atoms with Gasteiger partial charge in [0.05, 0.1) is 14.2 Å². The number of aromatic nitrogens is 1. The number of hydrogen-bond acceptors (Lipinski definition) is 6. The molecule has 1 N–H and O–H groups in total. The van der Waals surface area contributed by atoms with Crippen molar-refractivity contribution in [3.8, 4) is 11.5 Å². The minimum atomic E-state index is -0.255. The van der Waals surface area contributed by atoms with Crippen LogP contribution in [0.1, 0.15) is 23.2 Å². The maximum absolute atomic E-state index is 13.0. The molecular formula is C18H21N3O4S. The first-order valence-corrected chi connectivity index (χ1v) is 9.19. The molecule has 0 radical (unpaired) electrons. The zero-order valence-electron chi connectivity index (χ0n) is 14.7. The Morgan fingerprint density at radius 3 is 2.65 bits per heavy atom. The fourth-order valence-corrected chi connectivity index (χ4v) is 3.15. The van der Waals surface area contributed by atoms with Gasteiger partial charge < -0.3 is 19.7 Å². The lowest BCUT2D eigenvalue weighted by Crippen LogP contribution is -2.39. The monoisotopic (exact) mass is 375 g/mol. The quantitative estimate of drug-likeness (QED) is 0.767. The molecule has 0 saturated heterocycles. The Kier molecular flexibility index (Phi) is 5.72. The van der Waals surface area contributed by atoms with Crippen molar-refractivity contribution in [2.75, 3.05) is 32.6 Å². The van der Waals surface area contributed by atoms with Crippen LogP contribution in [-0.4, -0.2) is 49.0 Å². The highest BCUT2D eigenvalue weighted by molar-refractivity contribution is 7.13. The summed E-state index contributed by atoms with van der Waals surface area (Å²) in [6.45, 7) is 0.557. The average Bonchev–Trinajstić information content (AvgIpc) is 3.33. The fourth-order valence-electron chi connectivity index (χ4n) is 2.60. The van der Waals surface area contributed by atoms with E-state index in [2.05, 4.69) is 10.3 Å². The first-order chi connectivity index (χ1) is 12.6. The summed E-state index contributed by atoms with van der Waals surface area (Å²) in [4.78, 5) is 30.9. The predicted molar refractivity (Wildman–Crippen MR) is 98.9 cm³/mol. The first kappa shape index (κ1) is 18.2. The Bertz CT molecular complexity index is 775. The van der Waals surface area contributed by atoms with Crippen LogP contribution in [0.25, 0.3) is 0 Å². The molecule has 0 aliphatic heterocycles. The van der Waals surface area contributed by atoms with Gasteiger partial charge in [0, 0.05) is 23.7 Å². The molecule has 1 heterocycles. The van der Waals surface area contributed by atoms with E-state index in [0.29, 0.717) is 34.7 Å². The third-order valence-corrected chi connectivity index (χ3v) is 4.79. The summed E-state index contributed by atoms with van der Waals surface area (Å²) < 4.78 is 10.5. The summed E-state index contributed by atoms with van der Waals surface area (Å²) in [5, 5.41) is 5.03. The molecule has 1 aromatic heterocycles. The lowest BCUT2D eigenvalue weighted by Gasteiger charge is -2.22. The Morgan fingerprint density at radius 1 is 1.27 bits per heavy atom. The summed E-state index contributed by atoms with van der Waals surface area (Å²) in [6.07, 6.45) is 3.80. The second-order valence-corrected chi connectivity index (χ2v) is 6.98. The van der Waals surface area contributed by atoms with Crippen LogP contribution in [0.4, 0.5) is 5.13 Å². The lowest BCUT2D eigenvalue weighted by atomic mass is 10.1. The lowest BCUT2D eigenvalue weighted by molar-refractivity contribution is -0.116. The Labute approximate surface area is 155 Å². The van der Waals surface area contributed by atoms with E-state index in [1.807, 2.05) is 0 Å². The zero-order chi connectivity index (χ0) is 18.5. The van der Waals surface area contributed by atoms with E-state index in [1.54, 1.807) is 41.8 Å². The molecule has 1 fully saturated rings. The molecule has 3 rings (SSSR count). The zero-order valence-corrected chi connectivity index (χ0v) is 15.5. The van der Waals surface area contributed by atoms with Gasteiger partial charge in [0.1, 0.15) is 6.54 Å². The molecule has 0 unspecified atom stereocenters. The smallest absolute Gasteiger partial charge is 0.254 e. The second-order valence-electron chi connectivity index (χ2n) is 6.08. The summed E-state index contributed by atoms with van der Waals surface area (Å²) in [6, 6.07) is 5.01. The number of hydrogen-bond donors (Lipinski definition) is 1. The van der Waals surface area contributed by atoms with E-state index in [-0.39, 0.29) is 18.4 Å². The number of benzene rings is 1. The van der Waals surface area contributed by atoms with Crippen LogP contribution in [0.2, 0.25) is 0 Å². The highest BCUT2D eigenvalue weighted by Crippen LogP contribution is 2.31. The molecule has 2 aromatic rings. The highest BCUT2D eigenvalue weighted by atomic mass is 32.1. The topological polar surface area (TPSA) is 80.8 Å². The molecule has 0 bridgehead atoms. The number of ether oxygens (including phenoxy) is 2. The van der Waals surface area contributed by atoms with Crippen molar-refractivity contribution in [3.63, 3.8) is 0 Å². The van der Waals surface area contributed by atoms with Gasteiger partial charge in [-0.2, -0.15) is 0 Å². The van der Waals surface area contributed by atoms with Crippen LogP contribution in [0.3, 0.4) is 0 Å². The van der Waals surface area contributed by atoms with Crippen molar-refractivity contribution >= 4 is 28.3 Å². The molecule has 0 spiro atoms. The predicted octanol–water partition coefficient (Wildman–Crippen LogP) is 2.65. The molecule has 1 aliphatic carbocycles. The van der Waals surface area contributed by atoms with Gasteiger partial charge in [-0.15, -0.1) is 11.3 Å². The van der Waals surface area contributed by atoms with Crippen molar-refractivity contribution in [2.45, 2.75) is 12.8 Å². The van der Waals surface area contributed by atoms with Gasteiger partial charge in [-0.05, 0) is 37.0 Å². The third kappa shape index (κ3) is 4.51. The number of nitrogens with one attached hydrogen (secondary N) is 1. The molecule has 2 amide bonds. The van der Waals surface area contributed by atoms with E-state index in [9.17, 15) is 9.59 Å². The molecular weight excluding hydrogens is 354 g/mol. The van der Waals surface area contributed by atoms with Gasteiger partial charge in [0.15, 0.2) is 16.6 Å². The van der Waals surface area contributed by atoms with Crippen molar-refractivity contribution < 1.29 is 19.1 Å². The third-order valence-electron chi connectivity index (χ3n) is 4.11. The van der Waals surface area contributed by atoms with E-state index in [1.165, 1.54) is 18.4 Å². The number of carbonyl (C=O) groups is 2. The van der Waals surface area contributed by atoms with Crippen LogP contribution in [0.15, 0.2) is 29.8 Å². The largest absolute Gasteiger partial charge is 0.493 e. The van der Waals surface area contributed by atoms with E-state index < -0.39 is 0 Å². The normalized spacial score (nSPS) is 13.2. The van der Waals surface area contributed by atoms with Gasteiger partial charge in [-0.1, -0.05) is 0 Å². The van der Waals surface area contributed by atoms with Crippen LogP contribution in [0.5, 0.6) is 11.5 Å². The van der Waals surface area contributed by atoms with E-state index in [4.69, 9.17) is 9.47 Å². The summed E-state index contributed by atoms with van der Waals surface area (Å²) >= 11 is 1.34. The Morgan fingerprint density at radius 2 is 2.04 bits per heavy atom. The minimum Gasteiger partial charge on any atom is -0.493 e. The molecule has 138 valence electrons. The number of thiazole rings is 1. The van der Waals surface area contributed by atoms with E-state index >= 15 is 0 Å². The molecule has 1 saturated carbocycles. The van der Waals surface area contributed by atoms with Crippen LogP contribution >= 0.6 is 11.3 Å².